The van der Waals surface area contributed by atoms with E-state index in [2.05, 4.69) is 4.98 Å². The molecular weight excluding hydrogens is 597 g/mol. The standard InChI is InChI=1S/C25H38N3O12PS/c1-7-35-22(32)25(13-26,14-29)15-38-41(42,37-9-8-34-6)40-17-10-19(28-11-16(2)20(30)27-23(28)33)39-18(17)12-36-21(31)24(3,4)5/h11,17-19,29H,7-10,12,14-15H2,1-6H3,(H,27,30,33)/t17-,18+,19+,25?,41?/m0/s1. The number of carbonyl (C=O) groups is 2. The molecule has 2 unspecified atom stereocenters. The van der Waals surface area contributed by atoms with Crippen LogP contribution in [0, 0.1) is 29.1 Å². The van der Waals surface area contributed by atoms with Gasteiger partial charge in [0.15, 0.2) is 0 Å². The molecular formula is C25H38N3O12PS. The summed E-state index contributed by atoms with van der Waals surface area (Å²) in [6.45, 7) is 2.27. The Hall–Kier alpha value is -2.48. The highest BCUT2D eigenvalue weighted by molar-refractivity contribution is 8.07. The number of nitrogens with zero attached hydrogens (tertiary/aromatic N) is 2. The largest absolute Gasteiger partial charge is 0.465 e. The SMILES string of the molecule is CCOC(=O)C(C#N)(CO)COP(=S)(OCCOC)O[C@H]1C[C@H](n2cc(C)c(=O)[nH]c2=O)O[C@@H]1COC(=O)C(C)(C)C. The van der Waals surface area contributed by atoms with Crippen molar-refractivity contribution in [3.8, 4) is 6.07 Å². The fraction of sp³-hybridized carbons (Fsp3) is 0.720. The topological polar surface area (TPSA) is 198 Å². The van der Waals surface area contributed by atoms with Crippen LogP contribution in [0.5, 0.6) is 0 Å². The van der Waals surface area contributed by atoms with Crippen molar-refractivity contribution in [1.29, 1.82) is 5.26 Å². The highest BCUT2D eigenvalue weighted by Gasteiger charge is 2.46. The zero-order chi connectivity index (χ0) is 31.7. The number of aromatic amines is 1. The number of aliphatic hydroxyl groups excluding tert-OH is 1. The van der Waals surface area contributed by atoms with Crippen LogP contribution < -0.4 is 11.2 Å². The number of aromatic nitrogens is 2. The van der Waals surface area contributed by atoms with Crippen LogP contribution in [0.1, 0.15) is 45.9 Å². The van der Waals surface area contributed by atoms with Gasteiger partial charge in [-0.2, -0.15) is 5.26 Å². The summed E-state index contributed by atoms with van der Waals surface area (Å²) in [6.07, 6.45) is -1.60. The molecule has 0 aliphatic carbocycles. The number of nitrogens with one attached hydrogen (secondary N) is 1. The molecule has 2 heterocycles. The highest BCUT2D eigenvalue weighted by Crippen LogP contribution is 2.54. The molecule has 0 spiro atoms. The maximum atomic E-state index is 12.6. The minimum absolute atomic E-state index is 0.0141. The molecule has 0 bridgehead atoms. The Bertz CT molecular complexity index is 1300. The number of H-pyrrole nitrogens is 1. The second kappa shape index (κ2) is 15.3. The number of rotatable bonds is 15. The first kappa shape index (κ1) is 35.7. The monoisotopic (exact) mass is 635 g/mol. The molecule has 1 aliphatic rings. The van der Waals surface area contributed by atoms with Crippen molar-refractivity contribution >= 4 is 30.5 Å². The van der Waals surface area contributed by atoms with Crippen molar-refractivity contribution in [1.82, 2.24) is 9.55 Å². The second-order valence-electron chi connectivity index (χ2n) is 10.5. The Morgan fingerprint density at radius 3 is 2.50 bits per heavy atom. The molecule has 1 saturated heterocycles. The Kier molecular flexibility index (Phi) is 13.0. The quantitative estimate of drug-likeness (QED) is 0.158. The van der Waals surface area contributed by atoms with E-state index in [1.165, 1.54) is 31.7 Å². The van der Waals surface area contributed by atoms with E-state index < -0.39 is 72.4 Å². The number of hydrogen-bond acceptors (Lipinski definition) is 14. The lowest BCUT2D eigenvalue weighted by atomic mass is 9.92. The number of hydrogen-bond donors (Lipinski definition) is 2. The van der Waals surface area contributed by atoms with Crippen LogP contribution in [0.3, 0.4) is 0 Å². The lowest BCUT2D eigenvalue weighted by molar-refractivity contribution is -0.159. The third-order valence-electron chi connectivity index (χ3n) is 6.05. The third-order valence-corrected chi connectivity index (χ3v) is 8.41. The minimum atomic E-state index is -3.83. The molecule has 0 saturated carbocycles. The molecule has 0 radical (unpaired) electrons. The van der Waals surface area contributed by atoms with Gasteiger partial charge in [-0.05, 0) is 46.4 Å². The number of esters is 2. The minimum Gasteiger partial charge on any atom is -0.465 e. The summed E-state index contributed by atoms with van der Waals surface area (Å²) in [6, 6.07) is 1.72. The van der Waals surface area contributed by atoms with E-state index in [-0.39, 0.29) is 38.4 Å². The Morgan fingerprint density at radius 2 is 1.93 bits per heavy atom. The fourth-order valence-electron chi connectivity index (χ4n) is 3.54. The third kappa shape index (κ3) is 9.26. The highest BCUT2D eigenvalue weighted by atomic mass is 32.5. The molecule has 1 aromatic heterocycles. The van der Waals surface area contributed by atoms with Crippen LogP contribution >= 0.6 is 6.72 Å². The van der Waals surface area contributed by atoms with Gasteiger partial charge in [-0.1, -0.05) is 0 Å². The molecule has 1 fully saturated rings. The predicted octanol–water partition coefficient (Wildman–Crippen LogP) is 1.08. The Balaban J connectivity index is 2.40. The van der Waals surface area contributed by atoms with Crippen LogP contribution in [0.2, 0.25) is 0 Å². The molecule has 42 heavy (non-hydrogen) atoms. The summed E-state index contributed by atoms with van der Waals surface area (Å²) in [5.41, 5.74) is -3.96. The van der Waals surface area contributed by atoms with Gasteiger partial charge in [0.2, 0.25) is 5.41 Å². The summed E-state index contributed by atoms with van der Waals surface area (Å²) in [5.74, 6) is -1.54. The molecule has 0 aromatic carbocycles. The van der Waals surface area contributed by atoms with Crippen molar-refractivity contribution in [3.63, 3.8) is 0 Å². The number of aliphatic hydroxyl groups is 1. The summed E-state index contributed by atoms with van der Waals surface area (Å²) < 4.78 is 40.2. The maximum Gasteiger partial charge on any atom is 0.331 e. The van der Waals surface area contributed by atoms with Gasteiger partial charge in [-0.25, -0.2) is 4.79 Å². The van der Waals surface area contributed by atoms with E-state index in [1.807, 2.05) is 0 Å². The smallest absolute Gasteiger partial charge is 0.331 e. The summed E-state index contributed by atoms with van der Waals surface area (Å²) in [5, 5.41) is 19.6. The Labute approximate surface area is 248 Å². The molecule has 1 aromatic rings. The van der Waals surface area contributed by atoms with E-state index in [9.17, 15) is 29.5 Å². The normalized spacial score (nSPS) is 21.6. The van der Waals surface area contributed by atoms with Gasteiger partial charge in [-0.3, -0.25) is 23.9 Å². The summed E-state index contributed by atoms with van der Waals surface area (Å²) in [4.78, 5) is 51.6. The molecule has 2 N–H and O–H groups in total. The van der Waals surface area contributed by atoms with Gasteiger partial charge in [0, 0.05) is 25.3 Å². The first-order valence-electron chi connectivity index (χ1n) is 13.1. The average molecular weight is 636 g/mol. The second-order valence-corrected chi connectivity index (χ2v) is 13.4. The molecule has 17 heteroatoms. The van der Waals surface area contributed by atoms with Crippen LogP contribution in [0.15, 0.2) is 15.8 Å². The van der Waals surface area contributed by atoms with Crippen molar-refractivity contribution in [2.24, 2.45) is 10.8 Å². The molecule has 1 aliphatic heterocycles. The van der Waals surface area contributed by atoms with E-state index in [1.54, 1.807) is 26.8 Å². The first-order valence-corrected chi connectivity index (χ1v) is 15.6. The van der Waals surface area contributed by atoms with E-state index in [4.69, 9.17) is 44.3 Å². The van der Waals surface area contributed by atoms with E-state index >= 15 is 0 Å². The Morgan fingerprint density at radius 1 is 1.24 bits per heavy atom. The molecule has 5 atom stereocenters. The lowest BCUT2D eigenvalue weighted by Gasteiger charge is -2.30. The zero-order valence-corrected chi connectivity index (χ0v) is 26.2. The van der Waals surface area contributed by atoms with Crippen molar-refractivity contribution < 1.29 is 47.2 Å². The lowest BCUT2D eigenvalue weighted by Crippen LogP contribution is -2.40. The molecule has 2 rings (SSSR count). The van der Waals surface area contributed by atoms with Gasteiger partial charge in [-0.15, -0.1) is 0 Å². The van der Waals surface area contributed by atoms with Crippen molar-refractivity contribution in [2.45, 2.75) is 59.5 Å². The number of methoxy groups -OCH3 is 1. The number of carbonyl (C=O) groups excluding carboxylic acids is 2. The van der Waals surface area contributed by atoms with Crippen LogP contribution in [0.4, 0.5) is 0 Å². The molecule has 0 amide bonds. The van der Waals surface area contributed by atoms with Crippen molar-refractivity contribution in [2.75, 3.05) is 46.8 Å². The average Bonchev–Trinajstić information content (AvgIpc) is 3.31. The van der Waals surface area contributed by atoms with Gasteiger partial charge in [0.25, 0.3) is 5.56 Å². The van der Waals surface area contributed by atoms with Crippen LogP contribution in [0.25, 0.3) is 0 Å². The molecule has 15 nitrogen and oxygen atoms in total. The molecule has 236 valence electrons. The number of aryl methyl sites for hydroxylation is 1. The predicted molar refractivity (Wildman–Crippen MR) is 150 cm³/mol. The first-order chi connectivity index (χ1) is 19.6. The van der Waals surface area contributed by atoms with Crippen LogP contribution in [-0.4, -0.2) is 85.6 Å². The summed E-state index contributed by atoms with van der Waals surface area (Å²) in [7, 11) is 1.43. The van der Waals surface area contributed by atoms with Gasteiger partial charge >= 0.3 is 24.3 Å². The number of nitriles is 1. The fourth-order valence-corrected chi connectivity index (χ4v) is 5.68. The van der Waals surface area contributed by atoms with Crippen molar-refractivity contribution in [3.05, 3.63) is 32.6 Å². The summed E-state index contributed by atoms with van der Waals surface area (Å²) >= 11 is 5.60. The maximum absolute atomic E-state index is 12.6. The number of ether oxygens (including phenoxy) is 4. The van der Waals surface area contributed by atoms with Gasteiger partial charge < -0.3 is 37.6 Å². The van der Waals surface area contributed by atoms with E-state index in [0.717, 1.165) is 0 Å². The van der Waals surface area contributed by atoms with E-state index in [0.29, 0.717) is 0 Å². The zero-order valence-electron chi connectivity index (χ0n) is 24.4. The van der Waals surface area contributed by atoms with Crippen LogP contribution in [-0.2, 0) is 53.9 Å². The van der Waals surface area contributed by atoms with Gasteiger partial charge in [0.1, 0.15) is 25.0 Å². The van der Waals surface area contributed by atoms with Gasteiger partial charge in [0.05, 0.1) is 44.5 Å².